The van der Waals surface area contributed by atoms with Crippen LogP contribution in [-0.4, -0.2) is 25.6 Å². The van der Waals surface area contributed by atoms with Gasteiger partial charge in [-0.1, -0.05) is 25.5 Å². The Morgan fingerprint density at radius 3 is 2.58 bits per heavy atom. The van der Waals surface area contributed by atoms with Crippen molar-refractivity contribution in [3.63, 3.8) is 0 Å². The molecule has 0 saturated heterocycles. The van der Waals surface area contributed by atoms with E-state index in [2.05, 4.69) is 12.2 Å². The molecule has 0 aliphatic carbocycles. The van der Waals surface area contributed by atoms with Crippen molar-refractivity contribution >= 4 is 5.91 Å². The maximum Gasteiger partial charge on any atom is 0.220 e. The van der Waals surface area contributed by atoms with Crippen molar-refractivity contribution in [3.05, 3.63) is 29.8 Å². The lowest BCUT2D eigenvalue weighted by Crippen LogP contribution is -2.40. The highest BCUT2D eigenvalue weighted by Gasteiger charge is 2.09. The zero-order valence-corrected chi connectivity index (χ0v) is 11.8. The summed E-state index contributed by atoms with van der Waals surface area (Å²) in [6, 6.07) is 7.89. The van der Waals surface area contributed by atoms with Gasteiger partial charge in [-0.25, -0.2) is 0 Å². The summed E-state index contributed by atoms with van der Waals surface area (Å²) < 4.78 is 5.10. The van der Waals surface area contributed by atoms with Gasteiger partial charge >= 0.3 is 0 Å². The van der Waals surface area contributed by atoms with E-state index in [1.807, 2.05) is 24.3 Å². The maximum atomic E-state index is 11.8. The molecule has 0 saturated carbocycles. The first kappa shape index (κ1) is 15.5. The number of ether oxygens (including phenoxy) is 1. The number of carbonyl (C=O) groups is 1. The van der Waals surface area contributed by atoms with Crippen LogP contribution in [0.1, 0.15) is 31.7 Å². The Balaban J connectivity index is 2.36. The summed E-state index contributed by atoms with van der Waals surface area (Å²) in [4.78, 5) is 11.8. The molecule has 0 heterocycles. The van der Waals surface area contributed by atoms with Gasteiger partial charge in [0, 0.05) is 19.0 Å². The van der Waals surface area contributed by atoms with Crippen LogP contribution in [0.4, 0.5) is 0 Å². The molecular weight excluding hydrogens is 240 g/mol. The Bertz CT molecular complexity index is 376. The van der Waals surface area contributed by atoms with Gasteiger partial charge in [-0.3, -0.25) is 4.79 Å². The molecule has 1 amide bonds. The van der Waals surface area contributed by atoms with Gasteiger partial charge in [0.25, 0.3) is 0 Å². The number of methoxy groups -OCH3 is 1. The molecule has 3 N–H and O–H groups in total. The highest BCUT2D eigenvalue weighted by molar-refractivity contribution is 5.76. The van der Waals surface area contributed by atoms with Crippen LogP contribution in [0.2, 0.25) is 0 Å². The Kier molecular flexibility index (Phi) is 6.97. The van der Waals surface area contributed by atoms with E-state index >= 15 is 0 Å². The zero-order chi connectivity index (χ0) is 14.1. The van der Waals surface area contributed by atoms with E-state index in [0.29, 0.717) is 13.0 Å². The first-order chi connectivity index (χ1) is 9.19. The van der Waals surface area contributed by atoms with E-state index in [1.165, 1.54) is 0 Å². The monoisotopic (exact) mass is 264 g/mol. The first-order valence-electron chi connectivity index (χ1n) is 6.82. The number of nitrogens with two attached hydrogens (primary N) is 1. The average Bonchev–Trinajstić information content (AvgIpc) is 2.45. The molecule has 1 rings (SSSR count). The van der Waals surface area contributed by atoms with Crippen molar-refractivity contribution < 1.29 is 9.53 Å². The zero-order valence-electron chi connectivity index (χ0n) is 11.8. The standard InChI is InChI=1S/C15H24N2O2/c1-3-4-13(11-16)17-15(18)10-7-12-5-8-14(19-2)9-6-12/h5-6,8-9,13H,3-4,7,10-11,16H2,1-2H3,(H,17,18). The highest BCUT2D eigenvalue weighted by atomic mass is 16.5. The molecule has 106 valence electrons. The molecule has 1 aromatic rings. The topological polar surface area (TPSA) is 64.3 Å². The van der Waals surface area contributed by atoms with Crippen molar-refractivity contribution in [2.24, 2.45) is 5.73 Å². The fraction of sp³-hybridized carbons (Fsp3) is 0.533. The fourth-order valence-electron chi connectivity index (χ4n) is 1.95. The van der Waals surface area contributed by atoms with Crippen molar-refractivity contribution in [1.29, 1.82) is 0 Å². The second-order valence-electron chi connectivity index (χ2n) is 4.64. The van der Waals surface area contributed by atoms with E-state index in [0.717, 1.165) is 30.6 Å². The van der Waals surface area contributed by atoms with Crippen LogP contribution in [0.5, 0.6) is 5.75 Å². The van der Waals surface area contributed by atoms with Crippen LogP contribution in [0.3, 0.4) is 0 Å². The third-order valence-corrected chi connectivity index (χ3v) is 3.09. The summed E-state index contributed by atoms with van der Waals surface area (Å²) in [6.45, 7) is 2.59. The van der Waals surface area contributed by atoms with Gasteiger partial charge in [0.05, 0.1) is 7.11 Å². The fourth-order valence-corrected chi connectivity index (χ4v) is 1.95. The number of nitrogens with one attached hydrogen (secondary N) is 1. The molecule has 0 bridgehead atoms. The van der Waals surface area contributed by atoms with Crippen molar-refractivity contribution in [2.75, 3.05) is 13.7 Å². The van der Waals surface area contributed by atoms with E-state index in [1.54, 1.807) is 7.11 Å². The molecule has 0 aliphatic rings. The second-order valence-corrected chi connectivity index (χ2v) is 4.64. The Morgan fingerprint density at radius 1 is 1.37 bits per heavy atom. The number of benzene rings is 1. The lowest BCUT2D eigenvalue weighted by atomic mass is 10.1. The number of aryl methyl sites for hydroxylation is 1. The van der Waals surface area contributed by atoms with Gasteiger partial charge in [-0.15, -0.1) is 0 Å². The molecule has 1 atom stereocenters. The Hall–Kier alpha value is -1.55. The largest absolute Gasteiger partial charge is 0.497 e. The van der Waals surface area contributed by atoms with Crippen LogP contribution in [0, 0.1) is 0 Å². The number of amides is 1. The molecule has 19 heavy (non-hydrogen) atoms. The molecule has 0 aromatic heterocycles. The van der Waals surface area contributed by atoms with Crippen LogP contribution in [-0.2, 0) is 11.2 Å². The molecular formula is C15H24N2O2. The Labute approximate surface area is 115 Å². The van der Waals surface area contributed by atoms with Crippen molar-refractivity contribution in [3.8, 4) is 5.75 Å². The van der Waals surface area contributed by atoms with Crippen molar-refractivity contribution in [1.82, 2.24) is 5.32 Å². The molecule has 0 fully saturated rings. The predicted molar refractivity (Wildman–Crippen MR) is 77.2 cm³/mol. The van der Waals surface area contributed by atoms with Gasteiger partial charge in [-0.2, -0.15) is 0 Å². The number of hydrogen-bond donors (Lipinski definition) is 2. The van der Waals surface area contributed by atoms with Crippen LogP contribution in [0.15, 0.2) is 24.3 Å². The van der Waals surface area contributed by atoms with Crippen molar-refractivity contribution in [2.45, 2.75) is 38.6 Å². The molecule has 1 unspecified atom stereocenters. The summed E-state index contributed by atoms with van der Waals surface area (Å²) in [6.07, 6.45) is 3.19. The number of rotatable bonds is 8. The first-order valence-corrected chi connectivity index (χ1v) is 6.82. The van der Waals surface area contributed by atoms with Gasteiger partial charge in [0.1, 0.15) is 5.75 Å². The third-order valence-electron chi connectivity index (χ3n) is 3.09. The predicted octanol–water partition coefficient (Wildman–Crippen LogP) is 1.87. The van der Waals surface area contributed by atoms with E-state index in [4.69, 9.17) is 10.5 Å². The van der Waals surface area contributed by atoms with Crippen LogP contribution >= 0.6 is 0 Å². The van der Waals surface area contributed by atoms with E-state index in [-0.39, 0.29) is 11.9 Å². The SMILES string of the molecule is CCCC(CN)NC(=O)CCc1ccc(OC)cc1. The second kappa shape index (κ2) is 8.53. The number of hydrogen-bond acceptors (Lipinski definition) is 3. The van der Waals surface area contributed by atoms with Gasteiger partial charge < -0.3 is 15.8 Å². The summed E-state index contributed by atoms with van der Waals surface area (Å²) in [5, 5.41) is 2.97. The molecule has 0 radical (unpaired) electrons. The normalized spacial score (nSPS) is 11.9. The smallest absolute Gasteiger partial charge is 0.220 e. The number of carbonyl (C=O) groups excluding carboxylic acids is 1. The highest BCUT2D eigenvalue weighted by Crippen LogP contribution is 2.12. The molecule has 1 aromatic carbocycles. The van der Waals surface area contributed by atoms with Gasteiger partial charge in [0.2, 0.25) is 5.91 Å². The minimum absolute atomic E-state index is 0.0692. The van der Waals surface area contributed by atoms with E-state index < -0.39 is 0 Å². The molecule has 4 heteroatoms. The summed E-state index contributed by atoms with van der Waals surface area (Å²) in [5.74, 6) is 0.902. The lowest BCUT2D eigenvalue weighted by molar-refractivity contribution is -0.121. The average molecular weight is 264 g/mol. The Morgan fingerprint density at radius 2 is 2.05 bits per heavy atom. The molecule has 0 aliphatic heterocycles. The minimum atomic E-state index is 0.0692. The molecule has 4 nitrogen and oxygen atoms in total. The van der Waals surface area contributed by atoms with E-state index in [9.17, 15) is 4.79 Å². The van der Waals surface area contributed by atoms with Gasteiger partial charge in [-0.05, 0) is 30.5 Å². The third kappa shape index (κ3) is 5.75. The maximum absolute atomic E-state index is 11.8. The van der Waals surface area contributed by atoms with Gasteiger partial charge in [0.15, 0.2) is 0 Å². The lowest BCUT2D eigenvalue weighted by Gasteiger charge is -2.15. The summed E-state index contributed by atoms with van der Waals surface area (Å²) >= 11 is 0. The quantitative estimate of drug-likeness (QED) is 0.753. The van der Waals surface area contributed by atoms with Crippen LogP contribution < -0.4 is 15.8 Å². The minimum Gasteiger partial charge on any atom is -0.497 e. The molecule has 0 spiro atoms. The van der Waals surface area contributed by atoms with Crippen LogP contribution in [0.25, 0.3) is 0 Å². The summed E-state index contributed by atoms with van der Waals surface area (Å²) in [5.41, 5.74) is 6.75. The summed E-state index contributed by atoms with van der Waals surface area (Å²) in [7, 11) is 1.64.